The van der Waals surface area contributed by atoms with Crippen LogP contribution in [0.2, 0.25) is 0 Å². The minimum atomic E-state index is -0.844. The molecule has 0 atom stereocenters. The minimum absolute atomic E-state index is 0.00840. The molecule has 0 aliphatic rings. The summed E-state index contributed by atoms with van der Waals surface area (Å²) in [4.78, 5) is 57.5. The van der Waals surface area contributed by atoms with Crippen molar-refractivity contribution in [1.29, 1.82) is 0 Å². The Labute approximate surface area is 235 Å². The van der Waals surface area contributed by atoms with Crippen LogP contribution in [0.4, 0.5) is 34.1 Å². The predicted molar refractivity (Wildman–Crippen MR) is 144 cm³/mol. The molecule has 0 aliphatic carbocycles. The number of benzene rings is 2. The number of carbonyl (C=O) groups is 3. The number of hydrogen-bond acceptors (Lipinski definition) is 13. The zero-order chi connectivity index (χ0) is 30.0. The van der Waals surface area contributed by atoms with E-state index in [0.29, 0.717) is 5.69 Å². The first kappa shape index (κ1) is 31.5. The highest BCUT2D eigenvalue weighted by Gasteiger charge is 2.24. The fraction of sp³-hybridized carbons (Fsp3) is 0.348. The molecule has 17 heteroatoms. The Morgan fingerprint density at radius 3 is 2.02 bits per heavy atom. The van der Waals surface area contributed by atoms with E-state index in [0.717, 1.165) is 12.1 Å². The van der Waals surface area contributed by atoms with Crippen LogP contribution in [-0.2, 0) is 23.9 Å². The summed E-state index contributed by atoms with van der Waals surface area (Å²) in [5.74, 6) is -1.28. The van der Waals surface area contributed by atoms with Crippen molar-refractivity contribution in [2.24, 2.45) is 10.2 Å². The number of nitrogens with one attached hydrogen (secondary N) is 1. The zero-order valence-electron chi connectivity index (χ0n) is 21.8. The molecule has 2 rings (SSSR count). The Hall–Kier alpha value is -4.67. The monoisotopic (exact) mass is 624 g/mol. The average Bonchev–Trinajstić information content (AvgIpc) is 2.86. The van der Waals surface area contributed by atoms with Crippen LogP contribution >= 0.6 is 15.9 Å². The van der Waals surface area contributed by atoms with E-state index in [-0.39, 0.29) is 53.6 Å². The van der Waals surface area contributed by atoms with Crippen LogP contribution < -0.4 is 15.0 Å². The SMILES string of the molecule is COc1cc(N=Nc2c(Br)cc([N+](=O)[O-])cc2[N+](=O)[O-])c(NC(C)=O)c(N(CCOC(C)=O)CCOC(C)=O)c1. The van der Waals surface area contributed by atoms with Crippen molar-refractivity contribution in [2.45, 2.75) is 20.8 Å². The van der Waals surface area contributed by atoms with Crippen LogP contribution in [-0.4, -0.2) is 61.1 Å². The van der Waals surface area contributed by atoms with Crippen molar-refractivity contribution in [3.8, 4) is 5.75 Å². The van der Waals surface area contributed by atoms with E-state index in [1.165, 1.54) is 33.9 Å². The van der Waals surface area contributed by atoms with E-state index < -0.39 is 39.1 Å². The van der Waals surface area contributed by atoms with E-state index in [4.69, 9.17) is 14.2 Å². The molecule has 2 aromatic rings. The van der Waals surface area contributed by atoms with Gasteiger partial charge < -0.3 is 24.4 Å². The lowest BCUT2D eigenvalue weighted by atomic mass is 10.2. The number of nitrogens with zero attached hydrogens (tertiary/aromatic N) is 5. The fourth-order valence-corrected chi connectivity index (χ4v) is 3.82. The number of halogens is 1. The van der Waals surface area contributed by atoms with Gasteiger partial charge in [0.1, 0.15) is 24.7 Å². The second-order valence-corrected chi connectivity index (χ2v) is 8.75. The smallest absolute Gasteiger partial charge is 0.304 e. The molecular formula is C23H25BrN6O10. The maximum Gasteiger partial charge on any atom is 0.304 e. The molecule has 16 nitrogen and oxygen atoms in total. The number of carbonyl (C=O) groups excluding carboxylic acids is 3. The van der Waals surface area contributed by atoms with Crippen LogP contribution in [0.1, 0.15) is 20.8 Å². The van der Waals surface area contributed by atoms with E-state index in [1.807, 2.05) is 0 Å². The van der Waals surface area contributed by atoms with Gasteiger partial charge >= 0.3 is 17.6 Å². The lowest BCUT2D eigenvalue weighted by Crippen LogP contribution is -2.32. The van der Waals surface area contributed by atoms with Crippen LogP contribution in [0.3, 0.4) is 0 Å². The molecule has 0 unspecified atom stereocenters. The number of non-ortho nitro benzene ring substituents is 1. The van der Waals surface area contributed by atoms with Gasteiger partial charge in [0.15, 0.2) is 5.69 Å². The lowest BCUT2D eigenvalue weighted by Gasteiger charge is -2.27. The highest BCUT2D eigenvalue weighted by Crippen LogP contribution is 2.43. The molecule has 214 valence electrons. The van der Waals surface area contributed by atoms with Crippen molar-refractivity contribution in [1.82, 2.24) is 0 Å². The Kier molecular flexibility index (Phi) is 11.4. The van der Waals surface area contributed by atoms with Crippen molar-refractivity contribution >= 4 is 67.9 Å². The second kappa shape index (κ2) is 14.5. The molecule has 1 N–H and O–H groups in total. The number of hydrogen-bond donors (Lipinski definition) is 1. The van der Waals surface area contributed by atoms with Crippen molar-refractivity contribution in [2.75, 3.05) is 43.6 Å². The van der Waals surface area contributed by atoms with Crippen molar-refractivity contribution in [3.63, 3.8) is 0 Å². The maximum absolute atomic E-state index is 12.1. The normalized spacial score (nSPS) is 10.6. The highest BCUT2D eigenvalue weighted by molar-refractivity contribution is 9.10. The largest absolute Gasteiger partial charge is 0.497 e. The molecule has 0 aromatic heterocycles. The summed E-state index contributed by atoms with van der Waals surface area (Å²) in [5, 5.41) is 33.5. The summed E-state index contributed by atoms with van der Waals surface area (Å²) in [7, 11) is 1.37. The number of esters is 2. The molecule has 1 amide bonds. The minimum Gasteiger partial charge on any atom is -0.497 e. The molecule has 0 aliphatic heterocycles. The molecule has 0 bridgehead atoms. The topological polar surface area (TPSA) is 205 Å². The molecule has 0 fully saturated rings. The number of anilines is 2. The highest BCUT2D eigenvalue weighted by atomic mass is 79.9. The van der Waals surface area contributed by atoms with Gasteiger partial charge in [0.2, 0.25) is 5.91 Å². The number of methoxy groups -OCH3 is 1. The predicted octanol–water partition coefficient (Wildman–Crippen LogP) is 4.58. The standard InChI is InChI=1S/C23H25BrN6O10/c1-13(31)25-23-19(26-27-22-18(24)9-16(29(34)35)10-21(22)30(36)37)11-17(38-4)12-20(23)28(5-7-39-14(2)32)6-8-40-15(3)33/h9-12H,5-8H2,1-4H3,(H,25,31). The summed E-state index contributed by atoms with van der Waals surface area (Å²) >= 11 is 3.06. The van der Waals surface area contributed by atoms with Gasteiger partial charge in [0.05, 0.1) is 52.0 Å². The molecule has 2 aromatic carbocycles. The Balaban J connectivity index is 2.70. The molecule has 0 saturated carbocycles. The molecule has 0 radical (unpaired) electrons. The van der Waals surface area contributed by atoms with Crippen molar-refractivity contribution < 1.29 is 38.4 Å². The van der Waals surface area contributed by atoms with Gasteiger partial charge in [0, 0.05) is 39.0 Å². The number of azo groups is 1. The summed E-state index contributed by atoms with van der Waals surface area (Å²) in [6, 6.07) is 4.74. The zero-order valence-corrected chi connectivity index (χ0v) is 23.4. The van der Waals surface area contributed by atoms with Gasteiger partial charge in [-0.05, 0) is 15.9 Å². The molecule has 0 heterocycles. The van der Waals surface area contributed by atoms with Crippen molar-refractivity contribution in [3.05, 3.63) is 49.0 Å². The Morgan fingerprint density at radius 1 is 0.950 bits per heavy atom. The number of rotatable bonds is 13. The van der Waals surface area contributed by atoms with Gasteiger partial charge in [-0.2, -0.15) is 0 Å². The number of nitro groups is 2. The molecular weight excluding hydrogens is 600 g/mol. The molecule has 0 saturated heterocycles. The van der Waals surface area contributed by atoms with Gasteiger partial charge in [0.25, 0.3) is 5.69 Å². The molecule has 0 spiro atoms. The van der Waals surface area contributed by atoms with E-state index in [9.17, 15) is 34.6 Å². The quantitative estimate of drug-likeness (QED) is 0.141. The summed E-state index contributed by atoms with van der Waals surface area (Å²) in [6.45, 7) is 3.84. The average molecular weight is 625 g/mol. The summed E-state index contributed by atoms with van der Waals surface area (Å²) < 4.78 is 15.4. The lowest BCUT2D eigenvalue weighted by molar-refractivity contribution is -0.393. The fourth-order valence-electron chi connectivity index (χ4n) is 3.31. The van der Waals surface area contributed by atoms with Crippen LogP contribution in [0.15, 0.2) is 39.0 Å². The van der Waals surface area contributed by atoms with Gasteiger partial charge in [-0.15, -0.1) is 10.2 Å². The van der Waals surface area contributed by atoms with Crippen LogP contribution in [0.5, 0.6) is 5.75 Å². The van der Waals surface area contributed by atoms with Gasteiger partial charge in [-0.25, -0.2) is 0 Å². The third-order valence-electron chi connectivity index (χ3n) is 4.97. The van der Waals surface area contributed by atoms with Gasteiger partial charge in [-0.1, -0.05) is 0 Å². The number of amides is 1. The van der Waals surface area contributed by atoms with E-state index >= 15 is 0 Å². The van der Waals surface area contributed by atoms with Crippen LogP contribution in [0.25, 0.3) is 0 Å². The molecule has 40 heavy (non-hydrogen) atoms. The Morgan fingerprint density at radius 2 is 1.55 bits per heavy atom. The second-order valence-electron chi connectivity index (χ2n) is 7.90. The summed E-state index contributed by atoms with van der Waals surface area (Å²) in [5.41, 5.74) is -1.08. The Bertz CT molecular complexity index is 1330. The van der Waals surface area contributed by atoms with Gasteiger partial charge in [-0.3, -0.25) is 34.6 Å². The van der Waals surface area contributed by atoms with Crippen LogP contribution in [0, 0.1) is 20.2 Å². The number of ether oxygens (including phenoxy) is 3. The maximum atomic E-state index is 12.1. The first-order valence-electron chi connectivity index (χ1n) is 11.4. The third kappa shape index (κ3) is 8.97. The first-order chi connectivity index (χ1) is 18.8. The first-order valence-corrected chi connectivity index (χ1v) is 12.2. The number of nitro benzene ring substituents is 2. The van der Waals surface area contributed by atoms with E-state index in [2.05, 4.69) is 31.5 Å². The summed E-state index contributed by atoms with van der Waals surface area (Å²) in [6.07, 6.45) is 0. The third-order valence-corrected chi connectivity index (χ3v) is 5.58. The van der Waals surface area contributed by atoms with E-state index in [1.54, 1.807) is 11.0 Å².